The molecule has 3 heteroatoms. The van der Waals surface area contributed by atoms with Crippen LogP contribution in [0.5, 0.6) is 0 Å². The number of carbonyl (C=O) groups excluding carboxylic acids is 1. The molecule has 0 saturated carbocycles. The fourth-order valence-corrected chi connectivity index (χ4v) is 1.45. The number of carbonyl (C=O) groups is 1. The Balaban J connectivity index is 2.86. The van der Waals surface area contributed by atoms with Gasteiger partial charge in [-0.2, -0.15) is 0 Å². The van der Waals surface area contributed by atoms with Crippen LogP contribution < -0.4 is 10.6 Å². The van der Waals surface area contributed by atoms with Crippen LogP contribution in [0.4, 0.5) is 0 Å². The van der Waals surface area contributed by atoms with Gasteiger partial charge in [0.1, 0.15) is 6.04 Å². The smallest absolute Gasteiger partial charge is 0.241 e. The third-order valence-electron chi connectivity index (χ3n) is 2.14. The molecule has 0 aliphatic carbocycles. The van der Waals surface area contributed by atoms with Gasteiger partial charge in [-0.25, -0.2) is 0 Å². The van der Waals surface area contributed by atoms with Gasteiger partial charge in [0.05, 0.1) is 0 Å². The van der Waals surface area contributed by atoms with Gasteiger partial charge < -0.3 is 5.32 Å². The molecule has 82 valence electrons. The number of amides is 1. The van der Waals surface area contributed by atoms with Gasteiger partial charge in [0.2, 0.25) is 5.91 Å². The summed E-state index contributed by atoms with van der Waals surface area (Å²) in [6, 6.07) is 9.73. The zero-order chi connectivity index (χ0) is 11.3. The maximum absolute atomic E-state index is 11.7. The maximum Gasteiger partial charge on any atom is 0.241 e. The molecule has 0 aliphatic rings. The molecule has 1 aromatic carbocycles. The summed E-state index contributed by atoms with van der Waals surface area (Å²) in [6.45, 7) is 4.05. The van der Waals surface area contributed by atoms with E-state index in [4.69, 9.17) is 0 Å². The van der Waals surface area contributed by atoms with Crippen molar-refractivity contribution in [1.29, 1.82) is 0 Å². The maximum atomic E-state index is 11.7. The fraction of sp³-hybridized carbons (Fsp3) is 0.417. The van der Waals surface area contributed by atoms with E-state index in [1.54, 1.807) is 7.05 Å². The highest BCUT2D eigenvalue weighted by atomic mass is 16.2. The lowest BCUT2D eigenvalue weighted by Crippen LogP contribution is -2.39. The van der Waals surface area contributed by atoms with E-state index >= 15 is 0 Å². The van der Waals surface area contributed by atoms with Crippen molar-refractivity contribution in [3.63, 3.8) is 0 Å². The summed E-state index contributed by atoms with van der Waals surface area (Å²) in [5, 5.41) is 5.90. The normalized spacial score (nSPS) is 12.5. The topological polar surface area (TPSA) is 41.1 Å². The second kappa shape index (κ2) is 5.51. The summed E-state index contributed by atoms with van der Waals surface area (Å²) in [7, 11) is 1.65. The van der Waals surface area contributed by atoms with Crippen molar-refractivity contribution in [2.75, 3.05) is 7.05 Å². The van der Waals surface area contributed by atoms with E-state index in [1.165, 1.54) is 0 Å². The van der Waals surface area contributed by atoms with Gasteiger partial charge in [-0.05, 0) is 19.4 Å². The van der Waals surface area contributed by atoms with Gasteiger partial charge in [-0.1, -0.05) is 30.3 Å². The Morgan fingerprint density at radius 1 is 1.20 bits per heavy atom. The lowest BCUT2D eigenvalue weighted by molar-refractivity contribution is -0.123. The molecule has 0 heterocycles. The first-order chi connectivity index (χ1) is 7.15. The number of hydrogen-bond acceptors (Lipinski definition) is 2. The molecule has 0 fully saturated rings. The van der Waals surface area contributed by atoms with Crippen LogP contribution in [0.1, 0.15) is 25.5 Å². The SMILES string of the molecule is CNC(=O)[C@H](NC(C)C)c1ccccc1. The lowest BCUT2D eigenvalue weighted by atomic mass is 10.1. The van der Waals surface area contributed by atoms with Crippen molar-refractivity contribution >= 4 is 5.91 Å². The molecular weight excluding hydrogens is 188 g/mol. The van der Waals surface area contributed by atoms with Crippen molar-refractivity contribution in [3.8, 4) is 0 Å². The minimum Gasteiger partial charge on any atom is -0.358 e. The summed E-state index contributed by atoms with van der Waals surface area (Å²) < 4.78 is 0. The molecule has 3 nitrogen and oxygen atoms in total. The first kappa shape index (κ1) is 11.7. The van der Waals surface area contributed by atoms with Crippen LogP contribution >= 0.6 is 0 Å². The third-order valence-corrected chi connectivity index (χ3v) is 2.14. The van der Waals surface area contributed by atoms with Gasteiger partial charge >= 0.3 is 0 Å². The highest BCUT2D eigenvalue weighted by molar-refractivity contribution is 5.82. The van der Waals surface area contributed by atoms with E-state index in [2.05, 4.69) is 10.6 Å². The molecule has 15 heavy (non-hydrogen) atoms. The summed E-state index contributed by atoms with van der Waals surface area (Å²) in [5.74, 6) is -0.00472. The number of likely N-dealkylation sites (N-methyl/N-ethyl adjacent to an activating group) is 1. The molecule has 1 amide bonds. The largest absolute Gasteiger partial charge is 0.358 e. The van der Waals surface area contributed by atoms with Crippen molar-refractivity contribution < 1.29 is 4.79 Å². The predicted octanol–water partition coefficient (Wildman–Crippen LogP) is 1.47. The summed E-state index contributed by atoms with van der Waals surface area (Å²) >= 11 is 0. The standard InChI is InChI=1S/C12H18N2O/c1-9(2)14-11(12(15)13-3)10-7-5-4-6-8-10/h4-9,11,14H,1-3H3,(H,13,15)/t11-/m1/s1. The van der Waals surface area contributed by atoms with Crippen LogP contribution in [-0.2, 0) is 4.79 Å². The van der Waals surface area contributed by atoms with Crippen molar-refractivity contribution in [2.24, 2.45) is 0 Å². The minimum absolute atomic E-state index is 0.00472. The van der Waals surface area contributed by atoms with Crippen LogP contribution in [0.25, 0.3) is 0 Å². The van der Waals surface area contributed by atoms with E-state index in [-0.39, 0.29) is 18.0 Å². The zero-order valence-electron chi connectivity index (χ0n) is 9.45. The average Bonchev–Trinajstić information content (AvgIpc) is 2.26. The van der Waals surface area contributed by atoms with Crippen LogP contribution in [0.3, 0.4) is 0 Å². The molecule has 2 N–H and O–H groups in total. The van der Waals surface area contributed by atoms with Gasteiger partial charge in [-0.15, -0.1) is 0 Å². The van der Waals surface area contributed by atoms with Crippen molar-refractivity contribution in [1.82, 2.24) is 10.6 Å². The average molecular weight is 206 g/mol. The highest BCUT2D eigenvalue weighted by Crippen LogP contribution is 2.13. The van der Waals surface area contributed by atoms with E-state index in [0.29, 0.717) is 0 Å². The highest BCUT2D eigenvalue weighted by Gasteiger charge is 2.19. The lowest BCUT2D eigenvalue weighted by Gasteiger charge is -2.20. The molecule has 0 unspecified atom stereocenters. The minimum atomic E-state index is -0.267. The zero-order valence-corrected chi connectivity index (χ0v) is 9.45. The first-order valence-electron chi connectivity index (χ1n) is 5.17. The molecule has 1 atom stereocenters. The molecule has 0 aliphatic heterocycles. The number of rotatable bonds is 4. The Labute approximate surface area is 90.9 Å². The predicted molar refractivity (Wildman–Crippen MR) is 61.5 cm³/mol. The monoisotopic (exact) mass is 206 g/mol. The van der Waals surface area contributed by atoms with Gasteiger partial charge in [0.15, 0.2) is 0 Å². The van der Waals surface area contributed by atoms with E-state index in [9.17, 15) is 4.79 Å². The third kappa shape index (κ3) is 3.36. The number of nitrogens with one attached hydrogen (secondary N) is 2. The summed E-state index contributed by atoms with van der Waals surface area (Å²) in [6.07, 6.45) is 0. The quantitative estimate of drug-likeness (QED) is 0.783. The van der Waals surface area contributed by atoms with Crippen molar-refractivity contribution in [2.45, 2.75) is 25.9 Å². The molecule has 1 rings (SSSR count). The van der Waals surface area contributed by atoms with E-state index in [0.717, 1.165) is 5.56 Å². The Kier molecular flexibility index (Phi) is 4.31. The van der Waals surface area contributed by atoms with Crippen LogP contribution in [-0.4, -0.2) is 19.0 Å². The van der Waals surface area contributed by atoms with Crippen molar-refractivity contribution in [3.05, 3.63) is 35.9 Å². The molecule has 0 saturated heterocycles. The van der Waals surface area contributed by atoms with E-state index in [1.807, 2.05) is 44.2 Å². The molecule has 1 aromatic rings. The Morgan fingerprint density at radius 3 is 2.27 bits per heavy atom. The van der Waals surface area contributed by atoms with Crippen LogP contribution in [0.15, 0.2) is 30.3 Å². The Hall–Kier alpha value is -1.35. The summed E-state index contributed by atoms with van der Waals surface area (Å²) in [5.41, 5.74) is 0.991. The Morgan fingerprint density at radius 2 is 1.80 bits per heavy atom. The molecule has 0 spiro atoms. The molecule has 0 aromatic heterocycles. The molecule has 0 bridgehead atoms. The number of hydrogen-bond donors (Lipinski definition) is 2. The van der Waals surface area contributed by atoms with Gasteiger partial charge in [-0.3, -0.25) is 10.1 Å². The van der Waals surface area contributed by atoms with Gasteiger partial charge in [0, 0.05) is 13.1 Å². The first-order valence-corrected chi connectivity index (χ1v) is 5.17. The summed E-state index contributed by atoms with van der Waals surface area (Å²) in [4.78, 5) is 11.7. The van der Waals surface area contributed by atoms with Gasteiger partial charge in [0.25, 0.3) is 0 Å². The van der Waals surface area contributed by atoms with E-state index < -0.39 is 0 Å². The second-order valence-electron chi connectivity index (χ2n) is 3.78. The molecule has 0 radical (unpaired) electrons. The number of benzene rings is 1. The van der Waals surface area contributed by atoms with Crippen LogP contribution in [0.2, 0.25) is 0 Å². The molecular formula is C12H18N2O. The fourth-order valence-electron chi connectivity index (χ4n) is 1.45. The van der Waals surface area contributed by atoms with Crippen LogP contribution in [0, 0.1) is 0 Å². The Bertz CT molecular complexity index is 309. The second-order valence-corrected chi connectivity index (χ2v) is 3.78.